The molecule has 0 spiro atoms. The van der Waals surface area contributed by atoms with Crippen LogP contribution in [0.15, 0.2) is 29.0 Å². The molecule has 1 aromatic carbocycles. The Balaban J connectivity index is 1.91. The van der Waals surface area contributed by atoms with E-state index >= 15 is 0 Å². The van der Waals surface area contributed by atoms with Crippen molar-refractivity contribution < 1.29 is 9.72 Å². The van der Waals surface area contributed by atoms with Crippen molar-refractivity contribution in [3.63, 3.8) is 0 Å². The van der Waals surface area contributed by atoms with Crippen LogP contribution in [-0.4, -0.2) is 15.8 Å². The molecule has 3 rings (SSSR count). The molecular weight excluding hydrogens is 382 g/mol. The van der Waals surface area contributed by atoms with E-state index in [1.54, 1.807) is 25.2 Å². The fourth-order valence-electron chi connectivity index (χ4n) is 2.23. The summed E-state index contributed by atoms with van der Waals surface area (Å²) in [7, 11) is 0. The van der Waals surface area contributed by atoms with Gasteiger partial charge in [-0.25, -0.2) is 4.98 Å². The van der Waals surface area contributed by atoms with Crippen molar-refractivity contribution in [3.8, 4) is 10.6 Å². The first kappa shape index (κ1) is 17.5. The highest BCUT2D eigenvalue weighted by atomic mass is 35.5. The van der Waals surface area contributed by atoms with E-state index in [2.05, 4.69) is 10.3 Å². The van der Waals surface area contributed by atoms with E-state index in [1.165, 1.54) is 23.5 Å². The molecule has 2 aromatic heterocycles. The van der Waals surface area contributed by atoms with Gasteiger partial charge in [0.2, 0.25) is 0 Å². The highest BCUT2D eigenvalue weighted by molar-refractivity contribution is 7.17. The molecule has 25 heavy (non-hydrogen) atoms. The minimum Gasteiger partial charge on any atom is -0.321 e. The number of hydrogen-bond donors (Lipinski definition) is 1. The largest absolute Gasteiger partial charge is 0.321 e. The molecule has 1 amide bonds. The molecule has 0 aliphatic rings. The predicted molar refractivity (Wildman–Crippen MR) is 101 cm³/mol. The second kappa shape index (κ2) is 6.91. The van der Waals surface area contributed by atoms with Crippen molar-refractivity contribution >= 4 is 51.6 Å². The molecule has 0 saturated carbocycles. The fourth-order valence-corrected chi connectivity index (χ4v) is 4.19. The third-order valence-corrected chi connectivity index (χ3v) is 5.70. The third-order valence-electron chi connectivity index (χ3n) is 3.51. The van der Waals surface area contributed by atoms with Crippen LogP contribution in [0.3, 0.4) is 0 Å². The standard InChI is InChI=1S/C16H12ClN3O3S2/c1-8-5-11(17)13(20(22)23)6-12(8)19-15(21)14-9(2)18-16(25-14)10-3-4-24-7-10/h3-7H,1-2H3,(H,19,21). The number of thiazole rings is 1. The van der Waals surface area contributed by atoms with Crippen LogP contribution in [-0.2, 0) is 0 Å². The number of amides is 1. The highest BCUT2D eigenvalue weighted by Crippen LogP contribution is 2.33. The van der Waals surface area contributed by atoms with Crippen molar-refractivity contribution in [3.05, 3.63) is 60.2 Å². The van der Waals surface area contributed by atoms with E-state index in [9.17, 15) is 14.9 Å². The number of thiophene rings is 1. The van der Waals surface area contributed by atoms with Crippen molar-refractivity contribution in [1.82, 2.24) is 4.98 Å². The Hall–Kier alpha value is -2.29. The van der Waals surface area contributed by atoms with Gasteiger partial charge in [-0.2, -0.15) is 11.3 Å². The van der Waals surface area contributed by atoms with E-state index in [0.29, 0.717) is 21.8 Å². The molecule has 6 nitrogen and oxygen atoms in total. The number of benzene rings is 1. The maximum absolute atomic E-state index is 12.6. The lowest BCUT2D eigenvalue weighted by Gasteiger charge is -2.08. The molecule has 0 unspecified atom stereocenters. The number of rotatable bonds is 4. The van der Waals surface area contributed by atoms with Gasteiger partial charge in [0.1, 0.15) is 14.9 Å². The summed E-state index contributed by atoms with van der Waals surface area (Å²) in [5.74, 6) is -0.351. The minimum absolute atomic E-state index is 0.0363. The minimum atomic E-state index is -0.579. The van der Waals surface area contributed by atoms with Crippen LogP contribution < -0.4 is 5.32 Å². The number of aromatic nitrogens is 1. The number of anilines is 1. The summed E-state index contributed by atoms with van der Waals surface area (Å²) < 4.78 is 0. The van der Waals surface area contributed by atoms with Crippen LogP contribution in [0.4, 0.5) is 11.4 Å². The number of carbonyl (C=O) groups excluding carboxylic acids is 1. The maximum Gasteiger partial charge on any atom is 0.289 e. The lowest BCUT2D eigenvalue weighted by atomic mass is 10.1. The van der Waals surface area contributed by atoms with Crippen LogP contribution in [0.2, 0.25) is 5.02 Å². The van der Waals surface area contributed by atoms with Gasteiger partial charge in [-0.15, -0.1) is 11.3 Å². The number of nitrogens with zero attached hydrogens (tertiary/aromatic N) is 2. The van der Waals surface area contributed by atoms with E-state index in [-0.39, 0.29) is 16.6 Å². The molecule has 0 saturated heterocycles. The summed E-state index contributed by atoms with van der Waals surface area (Å²) in [6.45, 7) is 3.49. The molecule has 0 atom stereocenters. The Kier molecular flexibility index (Phi) is 4.85. The first-order valence-corrected chi connectivity index (χ1v) is 9.26. The average molecular weight is 394 g/mol. The summed E-state index contributed by atoms with van der Waals surface area (Å²) >= 11 is 8.72. The van der Waals surface area contributed by atoms with Crippen LogP contribution in [0.5, 0.6) is 0 Å². The zero-order valence-electron chi connectivity index (χ0n) is 13.2. The number of nitro benzene ring substituents is 1. The van der Waals surface area contributed by atoms with Gasteiger partial charge in [-0.1, -0.05) is 11.6 Å². The van der Waals surface area contributed by atoms with E-state index < -0.39 is 4.92 Å². The van der Waals surface area contributed by atoms with Gasteiger partial charge >= 0.3 is 0 Å². The molecule has 2 heterocycles. The van der Waals surface area contributed by atoms with Crippen molar-refractivity contribution in [2.24, 2.45) is 0 Å². The molecule has 1 N–H and O–H groups in total. The number of nitrogens with one attached hydrogen (secondary N) is 1. The maximum atomic E-state index is 12.6. The molecule has 128 valence electrons. The van der Waals surface area contributed by atoms with Crippen LogP contribution in [0.25, 0.3) is 10.6 Å². The fraction of sp³-hybridized carbons (Fsp3) is 0.125. The summed E-state index contributed by atoms with van der Waals surface area (Å²) in [5.41, 5.74) is 2.33. The van der Waals surface area contributed by atoms with Gasteiger partial charge in [-0.05, 0) is 36.9 Å². The normalized spacial score (nSPS) is 10.7. The quantitative estimate of drug-likeness (QED) is 0.481. The number of hydrogen-bond acceptors (Lipinski definition) is 6. The Bertz CT molecular complexity index is 967. The van der Waals surface area contributed by atoms with Crippen LogP contribution >= 0.6 is 34.3 Å². The van der Waals surface area contributed by atoms with E-state index in [1.807, 2.05) is 16.8 Å². The second-order valence-corrected chi connectivity index (χ2v) is 7.46. The molecule has 0 bridgehead atoms. The van der Waals surface area contributed by atoms with Gasteiger partial charge in [-0.3, -0.25) is 14.9 Å². The van der Waals surface area contributed by atoms with E-state index in [0.717, 1.165) is 10.6 Å². The number of aryl methyl sites for hydroxylation is 2. The van der Waals surface area contributed by atoms with Gasteiger partial charge < -0.3 is 5.32 Å². The lowest BCUT2D eigenvalue weighted by Crippen LogP contribution is -2.12. The summed E-state index contributed by atoms with van der Waals surface area (Å²) in [5, 5.41) is 18.5. The second-order valence-electron chi connectivity index (χ2n) is 5.28. The third kappa shape index (κ3) is 3.55. The average Bonchev–Trinajstić information content (AvgIpc) is 3.18. The molecule has 9 heteroatoms. The predicted octanol–water partition coefficient (Wildman–Crippen LogP) is 5.30. The van der Waals surface area contributed by atoms with E-state index in [4.69, 9.17) is 11.6 Å². The molecule has 0 aliphatic heterocycles. The number of carbonyl (C=O) groups is 1. The molecule has 0 radical (unpaired) electrons. The van der Waals surface area contributed by atoms with Gasteiger partial charge in [0, 0.05) is 17.0 Å². The molecule has 0 fully saturated rings. The summed E-state index contributed by atoms with van der Waals surface area (Å²) in [4.78, 5) is 28.0. The summed E-state index contributed by atoms with van der Waals surface area (Å²) in [6.07, 6.45) is 0. The number of halogens is 1. The monoisotopic (exact) mass is 393 g/mol. The molecule has 3 aromatic rings. The van der Waals surface area contributed by atoms with Gasteiger partial charge in [0.05, 0.1) is 16.3 Å². The zero-order chi connectivity index (χ0) is 18.1. The first-order valence-electron chi connectivity index (χ1n) is 7.12. The van der Waals surface area contributed by atoms with Crippen LogP contribution in [0.1, 0.15) is 20.9 Å². The SMILES string of the molecule is Cc1cc(Cl)c([N+](=O)[O-])cc1NC(=O)c1sc(-c2ccsc2)nc1C. The van der Waals surface area contributed by atoms with Gasteiger partial charge in [0.25, 0.3) is 11.6 Å². The van der Waals surface area contributed by atoms with Crippen molar-refractivity contribution in [2.75, 3.05) is 5.32 Å². The topological polar surface area (TPSA) is 85.1 Å². The number of nitro groups is 1. The molecule has 0 aliphatic carbocycles. The zero-order valence-corrected chi connectivity index (χ0v) is 15.6. The summed E-state index contributed by atoms with van der Waals surface area (Å²) in [6, 6.07) is 4.68. The highest BCUT2D eigenvalue weighted by Gasteiger charge is 2.20. The smallest absolute Gasteiger partial charge is 0.289 e. The van der Waals surface area contributed by atoms with Crippen molar-refractivity contribution in [1.29, 1.82) is 0 Å². The Labute approximate surface area is 156 Å². The van der Waals surface area contributed by atoms with Gasteiger partial charge in [0.15, 0.2) is 0 Å². The lowest BCUT2D eigenvalue weighted by molar-refractivity contribution is -0.384. The first-order chi connectivity index (χ1) is 11.9. The Morgan fingerprint density at radius 3 is 2.76 bits per heavy atom. The Morgan fingerprint density at radius 2 is 2.12 bits per heavy atom. The molecular formula is C16H12ClN3O3S2. The Morgan fingerprint density at radius 1 is 1.36 bits per heavy atom. The van der Waals surface area contributed by atoms with Crippen LogP contribution in [0, 0.1) is 24.0 Å². The van der Waals surface area contributed by atoms with Crippen molar-refractivity contribution in [2.45, 2.75) is 13.8 Å².